The molecule has 0 bridgehead atoms. The van der Waals surface area contributed by atoms with Crippen LogP contribution in [0.1, 0.15) is 50.5 Å². The van der Waals surface area contributed by atoms with Crippen LogP contribution in [0, 0.1) is 0 Å². The number of amides is 1. The Hall–Kier alpha value is -2.32. The van der Waals surface area contributed by atoms with Crippen molar-refractivity contribution in [2.75, 3.05) is 12.3 Å². The van der Waals surface area contributed by atoms with Crippen molar-refractivity contribution in [1.82, 2.24) is 5.32 Å². The maximum Gasteiger partial charge on any atom is 0.492 e. The van der Waals surface area contributed by atoms with Crippen molar-refractivity contribution in [3.05, 3.63) is 34.8 Å². The minimum absolute atomic E-state index is 0.0871. The minimum atomic E-state index is -1.06. The number of carbonyl (C=O) groups is 2. The van der Waals surface area contributed by atoms with E-state index in [4.69, 9.17) is 15.0 Å². The third-order valence-corrected chi connectivity index (χ3v) is 4.67. The zero-order valence-electron chi connectivity index (χ0n) is 15.8. The van der Waals surface area contributed by atoms with E-state index in [1.54, 1.807) is 12.1 Å². The largest absolute Gasteiger partial charge is 0.492 e. The molecule has 1 aromatic rings. The van der Waals surface area contributed by atoms with Crippen LogP contribution in [0.25, 0.3) is 6.08 Å². The quantitative estimate of drug-likeness (QED) is 0.548. The van der Waals surface area contributed by atoms with Crippen molar-refractivity contribution >= 4 is 30.8 Å². The van der Waals surface area contributed by atoms with Crippen LogP contribution in [-0.4, -0.2) is 41.8 Å². The minimum Gasteiger partial charge on any atom is -0.478 e. The second-order valence-electron chi connectivity index (χ2n) is 7.41. The van der Waals surface area contributed by atoms with Gasteiger partial charge in [0.2, 0.25) is 5.91 Å². The average molecular weight is 360 g/mol. The number of aromatic carboxylic acids is 1. The fourth-order valence-electron chi connectivity index (χ4n) is 2.52. The summed E-state index contributed by atoms with van der Waals surface area (Å²) < 4.78 is 12.1. The van der Waals surface area contributed by atoms with Crippen LogP contribution in [0.3, 0.4) is 0 Å². The molecular formula is C18H25BN2O5. The number of carboxylic acids is 1. The molecule has 1 aromatic carbocycles. The monoisotopic (exact) mass is 360 g/mol. The number of hydrogen-bond acceptors (Lipinski definition) is 5. The summed E-state index contributed by atoms with van der Waals surface area (Å²) in [6, 6.07) is 4.56. The number of benzene rings is 1. The summed E-state index contributed by atoms with van der Waals surface area (Å²) in [5.74, 6) is -1.25. The van der Waals surface area contributed by atoms with E-state index in [2.05, 4.69) is 5.32 Å². The lowest BCUT2D eigenvalue weighted by Crippen LogP contribution is -2.41. The topological polar surface area (TPSA) is 111 Å². The van der Waals surface area contributed by atoms with Gasteiger partial charge in [-0.25, -0.2) is 4.79 Å². The first kappa shape index (κ1) is 20.0. The highest BCUT2D eigenvalue weighted by atomic mass is 16.7. The van der Waals surface area contributed by atoms with Gasteiger partial charge in [-0.2, -0.15) is 0 Å². The van der Waals surface area contributed by atoms with E-state index < -0.39 is 24.3 Å². The summed E-state index contributed by atoms with van der Waals surface area (Å²) in [6.45, 7) is 9.38. The molecule has 1 saturated heterocycles. The molecule has 0 radical (unpaired) electrons. The molecule has 1 aliphatic rings. The Bertz CT molecular complexity index is 742. The van der Waals surface area contributed by atoms with Crippen molar-refractivity contribution in [2.24, 2.45) is 0 Å². The van der Waals surface area contributed by atoms with Crippen LogP contribution in [0.4, 0.5) is 5.69 Å². The molecule has 0 saturated carbocycles. The molecule has 4 N–H and O–H groups in total. The summed E-state index contributed by atoms with van der Waals surface area (Å²) in [4.78, 5) is 22.6. The van der Waals surface area contributed by atoms with Gasteiger partial charge in [-0.1, -0.05) is 6.08 Å². The number of nitrogens with two attached hydrogens (primary N) is 1. The molecular weight excluding hydrogens is 335 g/mol. The molecule has 26 heavy (non-hydrogen) atoms. The zero-order chi connectivity index (χ0) is 19.7. The molecule has 0 aromatic heterocycles. The molecule has 1 amide bonds. The maximum absolute atomic E-state index is 11.4. The van der Waals surface area contributed by atoms with Crippen LogP contribution < -0.4 is 11.1 Å². The molecule has 140 valence electrons. The SMILES string of the molecule is CC(=O)NCC(=Cc1cc(N)cc(C(=O)O)c1)B1OC(C)(C)C(C)(C)O1. The van der Waals surface area contributed by atoms with Crippen LogP contribution in [0.5, 0.6) is 0 Å². The van der Waals surface area contributed by atoms with Crippen LogP contribution in [-0.2, 0) is 14.1 Å². The van der Waals surface area contributed by atoms with Crippen molar-refractivity contribution in [2.45, 2.75) is 45.8 Å². The Labute approximate surface area is 153 Å². The third kappa shape index (κ3) is 4.45. The van der Waals surface area contributed by atoms with E-state index in [0.29, 0.717) is 16.7 Å². The van der Waals surface area contributed by atoms with Gasteiger partial charge in [-0.15, -0.1) is 0 Å². The van der Waals surface area contributed by atoms with Crippen LogP contribution >= 0.6 is 0 Å². The number of anilines is 1. The second-order valence-corrected chi connectivity index (χ2v) is 7.41. The molecule has 1 fully saturated rings. The van der Waals surface area contributed by atoms with Gasteiger partial charge in [0, 0.05) is 19.2 Å². The van der Waals surface area contributed by atoms with Gasteiger partial charge in [0.15, 0.2) is 0 Å². The smallest absolute Gasteiger partial charge is 0.478 e. The van der Waals surface area contributed by atoms with Crippen LogP contribution in [0.2, 0.25) is 0 Å². The van der Waals surface area contributed by atoms with Gasteiger partial charge < -0.3 is 25.5 Å². The highest BCUT2D eigenvalue weighted by Crippen LogP contribution is 2.38. The highest BCUT2D eigenvalue weighted by Gasteiger charge is 2.52. The van der Waals surface area contributed by atoms with E-state index in [1.807, 2.05) is 27.7 Å². The zero-order valence-corrected chi connectivity index (χ0v) is 15.8. The molecule has 0 spiro atoms. The molecule has 1 aliphatic heterocycles. The predicted octanol–water partition coefficient (Wildman–Crippen LogP) is 2.12. The van der Waals surface area contributed by atoms with Crippen molar-refractivity contribution in [3.63, 3.8) is 0 Å². The number of rotatable bonds is 5. The van der Waals surface area contributed by atoms with Gasteiger partial charge in [-0.3, -0.25) is 4.79 Å². The maximum atomic E-state index is 11.4. The molecule has 2 rings (SSSR count). The predicted molar refractivity (Wildman–Crippen MR) is 101 cm³/mol. The fourth-order valence-corrected chi connectivity index (χ4v) is 2.52. The van der Waals surface area contributed by atoms with E-state index >= 15 is 0 Å². The molecule has 7 nitrogen and oxygen atoms in total. The molecule has 0 unspecified atom stereocenters. The molecule has 0 aliphatic carbocycles. The average Bonchev–Trinajstić information content (AvgIpc) is 2.70. The first-order valence-corrected chi connectivity index (χ1v) is 8.36. The van der Waals surface area contributed by atoms with Gasteiger partial charge in [0.25, 0.3) is 0 Å². The van der Waals surface area contributed by atoms with Gasteiger partial charge in [-0.05, 0) is 56.9 Å². The van der Waals surface area contributed by atoms with E-state index in [0.717, 1.165) is 0 Å². The first-order chi connectivity index (χ1) is 11.9. The molecule has 8 heteroatoms. The lowest BCUT2D eigenvalue weighted by atomic mass is 9.77. The number of nitrogen functional groups attached to an aromatic ring is 1. The number of hydrogen-bond donors (Lipinski definition) is 3. The van der Waals surface area contributed by atoms with Crippen molar-refractivity contribution < 1.29 is 24.0 Å². The van der Waals surface area contributed by atoms with Gasteiger partial charge in [0.1, 0.15) is 0 Å². The Morgan fingerprint density at radius 1 is 1.19 bits per heavy atom. The Morgan fingerprint density at radius 2 is 1.77 bits per heavy atom. The summed E-state index contributed by atoms with van der Waals surface area (Å²) in [5.41, 5.74) is 6.43. The number of nitrogens with one attached hydrogen (secondary N) is 1. The Morgan fingerprint density at radius 3 is 2.27 bits per heavy atom. The highest BCUT2D eigenvalue weighted by molar-refractivity contribution is 6.56. The van der Waals surface area contributed by atoms with Crippen LogP contribution in [0.15, 0.2) is 23.7 Å². The Balaban J connectivity index is 2.41. The van der Waals surface area contributed by atoms with Crippen molar-refractivity contribution in [1.29, 1.82) is 0 Å². The standard InChI is InChI=1S/C18H25BN2O5/c1-11(22)21-10-14(19-25-17(2,3)18(4,5)26-19)7-12-6-13(16(23)24)9-15(20)8-12/h6-9H,10,20H2,1-5H3,(H,21,22)(H,23,24). The normalized spacial score (nSPS) is 18.7. The molecule has 1 heterocycles. The third-order valence-electron chi connectivity index (χ3n) is 4.67. The number of carboxylic acid groups (broad SMARTS) is 1. The van der Waals surface area contributed by atoms with Gasteiger partial charge in [0.05, 0.1) is 16.8 Å². The van der Waals surface area contributed by atoms with E-state index in [1.165, 1.54) is 19.1 Å². The summed E-state index contributed by atoms with van der Waals surface area (Å²) in [6.07, 6.45) is 1.74. The Kier molecular flexibility index (Phi) is 5.48. The van der Waals surface area contributed by atoms with E-state index in [-0.39, 0.29) is 18.0 Å². The van der Waals surface area contributed by atoms with Crippen molar-refractivity contribution in [3.8, 4) is 0 Å². The number of carbonyl (C=O) groups excluding carboxylic acids is 1. The lowest BCUT2D eigenvalue weighted by Gasteiger charge is -2.32. The summed E-state index contributed by atoms with van der Waals surface area (Å²) in [7, 11) is -0.665. The first-order valence-electron chi connectivity index (χ1n) is 8.36. The lowest BCUT2D eigenvalue weighted by molar-refractivity contribution is -0.118. The molecule has 0 atom stereocenters. The summed E-state index contributed by atoms with van der Waals surface area (Å²) >= 11 is 0. The fraction of sp³-hybridized carbons (Fsp3) is 0.444. The summed E-state index contributed by atoms with van der Waals surface area (Å²) in [5, 5.41) is 11.9. The second kappa shape index (κ2) is 7.13. The van der Waals surface area contributed by atoms with E-state index in [9.17, 15) is 14.7 Å². The van der Waals surface area contributed by atoms with Gasteiger partial charge >= 0.3 is 13.1 Å².